The first-order valence-electron chi connectivity index (χ1n) is 5.37. The van der Waals surface area contributed by atoms with Crippen LogP contribution in [-0.2, 0) is 6.54 Å². The van der Waals surface area contributed by atoms with Gasteiger partial charge in [0.2, 0.25) is 0 Å². The maximum Gasteiger partial charge on any atom is 0.131 e. The van der Waals surface area contributed by atoms with Gasteiger partial charge in [-0.2, -0.15) is 0 Å². The summed E-state index contributed by atoms with van der Waals surface area (Å²) in [6, 6.07) is 10.00. The number of benzene rings is 1. The van der Waals surface area contributed by atoms with Crippen LogP contribution in [0.4, 0.5) is 0 Å². The second-order valence-corrected chi connectivity index (χ2v) is 5.14. The van der Waals surface area contributed by atoms with E-state index in [1.807, 2.05) is 30.3 Å². The zero-order chi connectivity index (χ0) is 12.3. The van der Waals surface area contributed by atoms with Crippen LogP contribution < -0.4 is 5.32 Å². The molecule has 0 aliphatic heterocycles. The van der Waals surface area contributed by atoms with Crippen LogP contribution >= 0.6 is 27.5 Å². The van der Waals surface area contributed by atoms with E-state index in [0.29, 0.717) is 6.54 Å². The standard InChI is InChI=1S/C13H13BrClNO/c1-9(10-2-4-11(15)5-3-10)16-8-13-12(14)6-7-17-13/h2-7,9,16H,8H2,1H3/t9-/m1/s1. The Morgan fingerprint density at radius 3 is 2.59 bits per heavy atom. The molecule has 1 aromatic heterocycles. The third-order valence-electron chi connectivity index (χ3n) is 2.63. The Kier molecular flexibility index (Phi) is 4.26. The van der Waals surface area contributed by atoms with Crippen molar-refractivity contribution < 1.29 is 4.42 Å². The summed E-state index contributed by atoms with van der Waals surface area (Å²) in [6.45, 7) is 2.80. The zero-order valence-electron chi connectivity index (χ0n) is 9.41. The number of furan rings is 1. The second-order valence-electron chi connectivity index (χ2n) is 3.85. The van der Waals surface area contributed by atoms with Crippen molar-refractivity contribution in [1.82, 2.24) is 5.32 Å². The molecule has 1 aromatic carbocycles. The molecule has 1 N–H and O–H groups in total. The second kappa shape index (κ2) is 5.71. The molecule has 90 valence electrons. The smallest absolute Gasteiger partial charge is 0.131 e. The Balaban J connectivity index is 1.95. The van der Waals surface area contributed by atoms with Gasteiger partial charge in [-0.15, -0.1) is 0 Å². The molecule has 0 spiro atoms. The van der Waals surface area contributed by atoms with Crippen molar-refractivity contribution in [2.45, 2.75) is 19.5 Å². The van der Waals surface area contributed by atoms with Crippen LogP contribution in [0, 0.1) is 0 Å². The maximum atomic E-state index is 5.85. The van der Waals surface area contributed by atoms with Crippen molar-refractivity contribution in [3.05, 3.63) is 57.4 Å². The lowest BCUT2D eigenvalue weighted by Gasteiger charge is -2.13. The molecule has 1 heterocycles. The van der Waals surface area contributed by atoms with E-state index in [4.69, 9.17) is 16.0 Å². The number of hydrogen-bond acceptors (Lipinski definition) is 2. The van der Waals surface area contributed by atoms with Gasteiger partial charge in [0.1, 0.15) is 5.76 Å². The molecule has 0 fully saturated rings. The summed E-state index contributed by atoms with van der Waals surface area (Å²) in [5.41, 5.74) is 1.21. The van der Waals surface area contributed by atoms with Crippen LogP contribution in [0.2, 0.25) is 5.02 Å². The monoisotopic (exact) mass is 313 g/mol. The molecule has 17 heavy (non-hydrogen) atoms. The third-order valence-corrected chi connectivity index (χ3v) is 3.59. The fourth-order valence-corrected chi connectivity index (χ4v) is 2.03. The van der Waals surface area contributed by atoms with Crippen LogP contribution in [0.3, 0.4) is 0 Å². The molecule has 0 saturated heterocycles. The fourth-order valence-electron chi connectivity index (χ4n) is 1.57. The van der Waals surface area contributed by atoms with E-state index >= 15 is 0 Å². The first-order chi connectivity index (χ1) is 8.16. The number of rotatable bonds is 4. The highest BCUT2D eigenvalue weighted by molar-refractivity contribution is 9.10. The van der Waals surface area contributed by atoms with Crippen molar-refractivity contribution in [2.75, 3.05) is 0 Å². The van der Waals surface area contributed by atoms with Gasteiger partial charge in [-0.1, -0.05) is 23.7 Å². The number of halogens is 2. The summed E-state index contributed by atoms with van der Waals surface area (Å²) in [6.07, 6.45) is 1.67. The summed E-state index contributed by atoms with van der Waals surface area (Å²) in [7, 11) is 0. The Hall–Kier alpha value is -0.770. The molecule has 0 amide bonds. The van der Waals surface area contributed by atoms with Gasteiger partial charge in [-0.25, -0.2) is 0 Å². The Labute approximate surface area is 114 Å². The highest BCUT2D eigenvalue weighted by Gasteiger charge is 2.07. The summed E-state index contributed by atoms with van der Waals surface area (Å²) in [5.74, 6) is 0.908. The third kappa shape index (κ3) is 3.35. The molecule has 0 aliphatic rings. The predicted octanol–water partition coefficient (Wildman–Crippen LogP) is 4.55. The summed E-state index contributed by atoms with van der Waals surface area (Å²) in [5, 5.41) is 4.15. The number of nitrogens with one attached hydrogen (secondary N) is 1. The molecule has 0 saturated carbocycles. The van der Waals surface area contributed by atoms with E-state index in [1.54, 1.807) is 6.26 Å². The quantitative estimate of drug-likeness (QED) is 0.896. The van der Waals surface area contributed by atoms with Crippen molar-refractivity contribution >= 4 is 27.5 Å². The predicted molar refractivity (Wildman–Crippen MR) is 73.1 cm³/mol. The first-order valence-corrected chi connectivity index (χ1v) is 6.54. The van der Waals surface area contributed by atoms with Crippen LogP contribution in [0.25, 0.3) is 0 Å². The highest BCUT2D eigenvalue weighted by Crippen LogP contribution is 2.20. The van der Waals surface area contributed by atoms with E-state index in [-0.39, 0.29) is 6.04 Å². The van der Waals surface area contributed by atoms with E-state index in [9.17, 15) is 0 Å². The molecule has 2 rings (SSSR count). The van der Waals surface area contributed by atoms with Gasteiger partial charge in [0.15, 0.2) is 0 Å². The SMILES string of the molecule is C[C@@H](NCc1occc1Br)c1ccc(Cl)cc1. The first kappa shape index (κ1) is 12.7. The van der Waals surface area contributed by atoms with E-state index < -0.39 is 0 Å². The van der Waals surface area contributed by atoms with E-state index in [1.165, 1.54) is 5.56 Å². The van der Waals surface area contributed by atoms with E-state index in [0.717, 1.165) is 15.3 Å². The van der Waals surface area contributed by atoms with Crippen molar-refractivity contribution in [2.24, 2.45) is 0 Å². The van der Waals surface area contributed by atoms with Gasteiger partial charge < -0.3 is 9.73 Å². The molecule has 0 radical (unpaired) electrons. The summed E-state index contributed by atoms with van der Waals surface area (Å²) < 4.78 is 6.33. The zero-order valence-corrected chi connectivity index (χ0v) is 11.8. The van der Waals surface area contributed by atoms with Gasteiger partial charge >= 0.3 is 0 Å². The van der Waals surface area contributed by atoms with Crippen LogP contribution in [0.15, 0.2) is 45.5 Å². The maximum absolute atomic E-state index is 5.85. The van der Waals surface area contributed by atoms with Gasteiger partial charge in [0.25, 0.3) is 0 Å². The molecule has 1 atom stereocenters. The minimum atomic E-state index is 0.254. The van der Waals surface area contributed by atoms with Gasteiger partial charge in [-0.3, -0.25) is 0 Å². The topological polar surface area (TPSA) is 25.2 Å². The normalized spacial score (nSPS) is 12.6. The number of hydrogen-bond donors (Lipinski definition) is 1. The van der Waals surface area contributed by atoms with Gasteiger partial charge in [-0.05, 0) is 46.6 Å². The molecule has 2 aromatic rings. The molecule has 0 aliphatic carbocycles. The van der Waals surface area contributed by atoms with Gasteiger partial charge in [0.05, 0.1) is 17.3 Å². The van der Waals surface area contributed by atoms with Crippen molar-refractivity contribution in [3.8, 4) is 0 Å². The molecule has 0 bridgehead atoms. The van der Waals surface area contributed by atoms with Crippen molar-refractivity contribution in [3.63, 3.8) is 0 Å². The summed E-state index contributed by atoms with van der Waals surface area (Å²) >= 11 is 9.28. The molecule has 4 heteroatoms. The minimum absolute atomic E-state index is 0.254. The van der Waals surface area contributed by atoms with Crippen LogP contribution in [-0.4, -0.2) is 0 Å². The lowest BCUT2D eigenvalue weighted by molar-refractivity contribution is 0.458. The van der Waals surface area contributed by atoms with E-state index in [2.05, 4.69) is 28.2 Å². The van der Waals surface area contributed by atoms with Gasteiger partial charge in [0, 0.05) is 11.1 Å². The van der Waals surface area contributed by atoms with Crippen molar-refractivity contribution in [1.29, 1.82) is 0 Å². The summed E-state index contributed by atoms with van der Waals surface area (Å²) in [4.78, 5) is 0. The molecule has 0 unspecified atom stereocenters. The fraction of sp³-hybridized carbons (Fsp3) is 0.231. The largest absolute Gasteiger partial charge is 0.467 e. The molecular formula is C13H13BrClNO. The average molecular weight is 315 g/mol. The molecular weight excluding hydrogens is 302 g/mol. The minimum Gasteiger partial charge on any atom is -0.467 e. The average Bonchev–Trinajstić information content (AvgIpc) is 2.73. The lowest BCUT2D eigenvalue weighted by Crippen LogP contribution is -2.17. The Bertz CT molecular complexity index is 480. The van der Waals surface area contributed by atoms with Crippen LogP contribution in [0.5, 0.6) is 0 Å². The Morgan fingerprint density at radius 1 is 1.29 bits per heavy atom. The van der Waals surface area contributed by atoms with Crippen LogP contribution in [0.1, 0.15) is 24.3 Å². The lowest BCUT2D eigenvalue weighted by atomic mass is 10.1. The molecule has 2 nitrogen and oxygen atoms in total. The highest BCUT2D eigenvalue weighted by atomic mass is 79.9. The Morgan fingerprint density at radius 2 is 2.00 bits per heavy atom.